The van der Waals surface area contributed by atoms with Crippen LogP contribution in [0.3, 0.4) is 0 Å². The molecule has 2 fully saturated rings. The van der Waals surface area contributed by atoms with Crippen LogP contribution in [-0.2, 0) is 4.74 Å². The summed E-state index contributed by atoms with van der Waals surface area (Å²) in [5, 5.41) is 10.3. The minimum atomic E-state index is -0.155. The fourth-order valence-corrected chi connectivity index (χ4v) is 5.69. The average Bonchev–Trinajstić information content (AvgIpc) is 3.38. The summed E-state index contributed by atoms with van der Waals surface area (Å²) in [4.78, 5) is 22.2. The van der Waals surface area contributed by atoms with Gasteiger partial charge in [0.1, 0.15) is 5.69 Å². The first kappa shape index (κ1) is 24.9. The van der Waals surface area contributed by atoms with E-state index in [1.807, 2.05) is 29.6 Å². The van der Waals surface area contributed by atoms with Crippen LogP contribution in [0.4, 0.5) is 11.4 Å². The summed E-state index contributed by atoms with van der Waals surface area (Å²) in [5.74, 6) is 0.226. The molecule has 1 aromatic carbocycles. The Hall–Kier alpha value is -2.23. The number of piperidine rings is 1. The van der Waals surface area contributed by atoms with E-state index in [4.69, 9.17) is 21.9 Å². The van der Waals surface area contributed by atoms with Crippen LogP contribution < -0.4 is 15.5 Å². The molecule has 2 N–H and O–H groups in total. The van der Waals surface area contributed by atoms with Gasteiger partial charge in [0.25, 0.3) is 5.91 Å². The molecule has 2 aliphatic rings. The number of nitrogens with one attached hydrogen (secondary N) is 2. The molecule has 4 rings (SSSR count). The summed E-state index contributed by atoms with van der Waals surface area (Å²) in [6.45, 7) is 8.07. The smallest absolute Gasteiger partial charge is 0.275 e. The zero-order valence-corrected chi connectivity index (χ0v) is 21.6. The van der Waals surface area contributed by atoms with Crippen LogP contribution in [-0.4, -0.2) is 66.8 Å². The van der Waals surface area contributed by atoms with E-state index in [1.54, 1.807) is 11.3 Å². The van der Waals surface area contributed by atoms with E-state index in [0.29, 0.717) is 24.8 Å². The molecule has 184 valence electrons. The SMILES string of the molecule is CCCCCNC(=S)N1CCC(c2nc(C(=O)Nc3ccccc3N3CCOCC3)cs2)CC1. The van der Waals surface area contributed by atoms with Crippen LogP contribution in [0.25, 0.3) is 0 Å². The molecule has 9 heteroatoms. The molecule has 1 amide bonds. The molecular formula is C25H35N5O2S2. The van der Waals surface area contributed by atoms with Crippen LogP contribution in [0.1, 0.15) is 60.4 Å². The molecule has 0 spiro atoms. The van der Waals surface area contributed by atoms with Crippen molar-refractivity contribution < 1.29 is 9.53 Å². The van der Waals surface area contributed by atoms with E-state index in [-0.39, 0.29) is 5.91 Å². The van der Waals surface area contributed by atoms with Crippen LogP contribution >= 0.6 is 23.6 Å². The molecule has 3 heterocycles. The van der Waals surface area contributed by atoms with E-state index >= 15 is 0 Å². The molecule has 0 radical (unpaired) electrons. The quantitative estimate of drug-likeness (QED) is 0.408. The first-order chi connectivity index (χ1) is 16.7. The molecule has 0 unspecified atom stereocenters. The number of thiocarbonyl (C=S) groups is 1. The van der Waals surface area contributed by atoms with Gasteiger partial charge in [-0.05, 0) is 43.6 Å². The van der Waals surface area contributed by atoms with E-state index in [0.717, 1.165) is 73.5 Å². The Morgan fingerprint density at radius 1 is 1.18 bits per heavy atom. The lowest BCUT2D eigenvalue weighted by atomic mass is 9.98. The number of carbonyl (C=O) groups excluding carboxylic acids is 1. The zero-order valence-electron chi connectivity index (χ0n) is 19.9. The Bertz CT molecular complexity index is 952. The number of hydrogen-bond donors (Lipinski definition) is 2. The van der Waals surface area contributed by atoms with Crippen LogP contribution in [0.15, 0.2) is 29.6 Å². The van der Waals surface area contributed by atoms with Crippen molar-refractivity contribution in [2.75, 3.05) is 56.2 Å². The topological polar surface area (TPSA) is 69.7 Å². The van der Waals surface area contributed by atoms with E-state index in [2.05, 4.69) is 27.4 Å². The van der Waals surface area contributed by atoms with Crippen LogP contribution in [0, 0.1) is 0 Å². The molecule has 0 bridgehead atoms. The summed E-state index contributed by atoms with van der Waals surface area (Å²) >= 11 is 7.17. The molecule has 1 aromatic heterocycles. The number of aromatic nitrogens is 1. The van der Waals surface area contributed by atoms with E-state index < -0.39 is 0 Å². The van der Waals surface area contributed by atoms with Crippen molar-refractivity contribution >= 4 is 45.9 Å². The number of amides is 1. The van der Waals surface area contributed by atoms with E-state index in [1.165, 1.54) is 12.8 Å². The zero-order chi connectivity index (χ0) is 23.8. The van der Waals surface area contributed by atoms with Gasteiger partial charge in [0.15, 0.2) is 5.11 Å². The van der Waals surface area contributed by atoms with Crippen molar-refractivity contribution in [1.29, 1.82) is 0 Å². The molecule has 0 saturated carbocycles. The number of nitrogens with zero attached hydrogens (tertiary/aromatic N) is 3. The van der Waals surface area contributed by atoms with Crippen molar-refractivity contribution in [2.45, 2.75) is 44.9 Å². The first-order valence-corrected chi connectivity index (χ1v) is 13.7. The lowest BCUT2D eigenvalue weighted by Crippen LogP contribution is -2.44. The Morgan fingerprint density at radius 3 is 2.71 bits per heavy atom. The highest BCUT2D eigenvalue weighted by Crippen LogP contribution is 2.31. The third-order valence-electron chi connectivity index (χ3n) is 6.45. The van der Waals surface area contributed by atoms with Crippen molar-refractivity contribution in [3.8, 4) is 0 Å². The number of anilines is 2. The maximum absolute atomic E-state index is 13.0. The number of thiazole rings is 1. The molecule has 2 aromatic rings. The highest BCUT2D eigenvalue weighted by atomic mass is 32.1. The van der Waals surface area contributed by atoms with Gasteiger partial charge in [-0.1, -0.05) is 31.9 Å². The van der Waals surface area contributed by atoms with Crippen molar-refractivity contribution in [1.82, 2.24) is 15.2 Å². The van der Waals surface area contributed by atoms with Gasteiger partial charge in [0.2, 0.25) is 0 Å². The largest absolute Gasteiger partial charge is 0.378 e. The fraction of sp³-hybridized carbons (Fsp3) is 0.560. The monoisotopic (exact) mass is 501 g/mol. The number of carbonyl (C=O) groups is 1. The van der Waals surface area contributed by atoms with Gasteiger partial charge in [-0.15, -0.1) is 11.3 Å². The predicted octanol–water partition coefficient (Wildman–Crippen LogP) is 4.48. The lowest BCUT2D eigenvalue weighted by Gasteiger charge is -2.33. The number of para-hydroxylation sites is 2. The maximum atomic E-state index is 13.0. The van der Waals surface area contributed by atoms with Crippen molar-refractivity contribution in [3.63, 3.8) is 0 Å². The number of morpholine rings is 1. The summed E-state index contributed by atoms with van der Waals surface area (Å²) in [5.41, 5.74) is 2.34. The Balaban J connectivity index is 1.30. The van der Waals surface area contributed by atoms with Gasteiger partial charge in [-0.2, -0.15) is 0 Å². The molecule has 0 aliphatic carbocycles. The third kappa shape index (κ3) is 6.46. The van der Waals surface area contributed by atoms with E-state index in [9.17, 15) is 4.79 Å². The third-order valence-corrected chi connectivity index (χ3v) is 7.86. The Morgan fingerprint density at radius 2 is 1.94 bits per heavy atom. The second-order valence-electron chi connectivity index (χ2n) is 8.84. The maximum Gasteiger partial charge on any atom is 0.275 e. The fourth-order valence-electron chi connectivity index (χ4n) is 4.44. The highest BCUT2D eigenvalue weighted by Gasteiger charge is 2.25. The standard InChI is InChI=1S/C25H35N5O2S2/c1-2-3-6-11-26-25(33)30-12-9-19(10-13-30)24-28-21(18-34-24)23(31)27-20-7-4-5-8-22(20)29-14-16-32-17-15-29/h4-5,7-8,18-19H,2-3,6,9-17H2,1H3,(H,26,33)(H,27,31). The summed E-state index contributed by atoms with van der Waals surface area (Å²) in [6.07, 6.45) is 5.62. The van der Waals surface area contributed by atoms with Gasteiger partial charge in [-0.3, -0.25) is 4.79 Å². The van der Waals surface area contributed by atoms with Crippen molar-refractivity contribution in [2.24, 2.45) is 0 Å². The molecule has 0 atom stereocenters. The predicted molar refractivity (Wildman–Crippen MR) is 143 cm³/mol. The van der Waals surface area contributed by atoms with Crippen LogP contribution in [0.5, 0.6) is 0 Å². The first-order valence-electron chi connectivity index (χ1n) is 12.4. The van der Waals surface area contributed by atoms with Gasteiger partial charge in [0.05, 0.1) is 29.6 Å². The average molecular weight is 502 g/mol. The molecule has 34 heavy (non-hydrogen) atoms. The number of hydrogen-bond acceptors (Lipinski definition) is 6. The number of benzene rings is 1. The Labute approximate surface area is 211 Å². The van der Waals surface area contributed by atoms with Crippen LogP contribution in [0.2, 0.25) is 0 Å². The van der Waals surface area contributed by atoms with Gasteiger partial charge >= 0.3 is 0 Å². The normalized spacial score (nSPS) is 17.0. The number of likely N-dealkylation sites (tertiary alicyclic amines) is 1. The molecule has 7 nitrogen and oxygen atoms in total. The number of unbranched alkanes of at least 4 members (excludes halogenated alkanes) is 2. The van der Waals surface area contributed by atoms with Crippen molar-refractivity contribution in [3.05, 3.63) is 40.3 Å². The second kappa shape index (κ2) is 12.5. The van der Waals surface area contributed by atoms with Gasteiger partial charge in [0, 0.05) is 44.0 Å². The lowest BCUT2D eigenvalue weighted by molar-refractivity contribution is 0.102. The summed E-state index contributed by atoms with van der Waals surface area (Å²) < 4.78 is 5.47. The highest BCUT2D eigenvalue weighted by molar-refractivity contribution is 7.80. The molecule has 2 aliphatic heterocycles. The number of rotatable bonds is 8. The van der Waals surface area contributed by atoms with Gasteiger partial charge < -0.3 is 25.2 Å². The second-order valence-corrected chi connectivity index (χ2v) is 10.1. The Kier molecular flexibility index (Phi) is 9.12. The summed E-state index contributed by atoms with van der Waals surface area (Å²) in [7, 11) is 0. The molecular weight excluding hydrogens is 466 g/mol. The number of ether oxygens (including phenoxy) is 1. The summed E-state index contributed by atoms with van der Waals surface area (Å²) in [6, 6.07) is 7.94. The van der Waals surface area contributed by atoms with Gasteiger partial charge in [-0.25, -0.2) is 4.98 Å². The minimum absolute atomic E-state index is 0.155. The molecule has 2 saturated heterocycles. The minimum Gasteiger partial charge on any atom is -0.378 e.